The number of sulfonamides is 1. The molecule has 0 saturated carbocycles. The van der Waals surface area contributed by atoms with Crippen molar-refractivity contribution < 1.29 is 35.9 Å². The van der Waals surface area contributed by atoms with Gasteiger partial charge in [-0.2, -0.15) is 21.6 Å². The Balaban J connectivity index is 1.75. The molecule has 2 N–H and O–H groups in total. The lowest BCUT2D eigenvalue weighted by Crippen LogP contribution is -2.30. The van der Waals surface area contributed by atoms with E-state index in [0.29, 0.717) is 50.1 Å². The molecular formula is C25H18BrF3N4O5S. The molecule has 0 atom stereocenters. The molecule has 0 amide bonds. The lowest BCUT2D eigenvalue weighted by molar-refractivity contribution is -0.0429. The minimum Gasteiger partial charge on any atom is -0.477 e. The summed E-state index contributed by atoms with van der Waals surface area (Å²) >= 11 is 3.54. The summed E-state index contributed by atoms with van der Waals surface area (Å²) in [7, 11) is -5.70. The fourth-order valence-corrected chi connectivity index (χ4v) is 5.75. The number of hydrogen-bond acceptors (Lipinski definition) is 6. The number of nitrogens with zero attached hydrogens (tertiary/aromatic N) is 3. The summed E-state index contributed by atoms with van der Waals surface area (Å²) in [5.74, 6) is -0.611. The molecule has 3 heterocycles. The Morgan fingerprint density at radius 1 is 1.10 bits per heavy atom. The molecule has 1 aromatic carbocycles. The maximum atomic E-state index is 13.2. The first-order chi connectivity index (χ1) is 18.4. The van der Waals surface area contributed by atoms with Gasteiger partial charge in [0.2, 0.25) is 0 Å². The Morgan fingerprint density at radius 3 is 2.54 bits per heavy atom. The van der Waals surface area contributed by atoms with Crippen LogP contribution in [0.15, 0.2) is 63.9 Å². The zero-order chi connectivity index (χ0) is 28.1. The monoisotopic (exact) mass is 622 g/mol. The number of carbonyl (C=O) groups is 1. The number of halogens is 4. The van der Waals surface area contributed by atoms with Crippen LogP contribution in [0, 0.1) is 0 Å². The summed E-state index contributed by atoms with van der Waals surface area (Å²) in [6, 6.07) is 10.3. The highest BCUT2D eigenvalue weighted by Gasteiger charge is 2.46. The number of para-hydroxylation sites is 1. The molecule has 39 heavy (non-hydrogen) atoms. The van der Waals surface area contributed by atoms with Gasteiger partial charge in [-0.1, -0.05) is 25.1 Å². The van der Waals surface area contributed by atoms with E-state index in [-0.39, 0.29) is 23.5 Å². The SMILES string of the molecule is CCc1nc2ccc(C(=O)O)nc2n1Cc1c2ccocc-2c(Br)c1-c1ccccc1NS(=O)(=O)C(F)(F)F. The van der Waals surface area contributed by atoms with Gasteiger partial charge in [-0.05, 0) is 51.3 Å². The number of aryl methyl sites for hydroxylation is 1. The predicted molar refractivity (Wildman–Crippen MR) is 140 cm³/mol. The lowest BCUT2D eigenvalue weighted by atomic mass is 10.0. The van der Waals surface area contributed by atoms with Crippen molar-refractivity contribution in [3.05, 3.63) is 76.5 Å². The van der Waals surface area contributed by atoms with Crippen LogP contribution in [0.4, 0.5) is 18.9 Å². The number of rotatable bonds is 7. The number of carboxylic acid groups (broad SMARTS) is 1. The van der Waals surface area contributed by atoms with E-state index in [2.05, 4.69) is 25.9 Å². The number of imidazole rings is 1. The van der Waals surface area contributed by atoms with E-state index in [4.69, 9.17) is 4.42 Å². The number of pyridine rings is 1. The van der Waals surface area contributed by atoms with Crippen molar-refractivity contribution in [1.82, 2.24) is 14.5 Å². The number of alkyl halides is 3. The third-order valence-electron chi connectivity index (χ3n) is 6.14. The first-order valence-corrected chi connectivity index (χ1v) is 13.6. The van der Waals surface area contributed by atoms with Crippen LogP contribution in [0.1, 0.15) is 28.8 Å². The van der Waals surface area contributed by atoms with Crippen LogP contribution >= 0.6 is 15.9 Å². The van der Waals surface area contributed by atoms with Gasteiger partial charge in [0.1, 0.15) is 11.3 Å². The van der Waals surface area contributed by atoms with Crippen molar-refractivity contribution in [2.45, 2.75) is 25.4 Å². The van der Waals surface area contributed by atoms with Crippen molar-refractivity contribution in [1.29, 1.82) is 0 Å². The second kappa shape index (κ2) is 9.68. The van der Waals surface area contributed by atoms with Crippen molar-refractivity contribution in [3.8, 4) is 22.3 Å². The molecule has 202 valence electrons. The van der Waals surface area contributed by atoms with Gasteiger partial charge in [0, 0.05) is 27.6 Å². The second-order valence-corrected chi connectivity index (χ2v) is 10.9. The highest BCUT2D eigenvalue weighted by molar-refractivity contribution is 9.10. The molecule has 0 fully saturated rings. The summed E-state index contributed by atoms with van der Waals surface area (Å²) < 4.78 is 72.8. The number of aromatic nitrogens is 3. The molecule has 0 saturated heterocycles. The number of anilines is 1. The molecule has 3 aromatic rings. The normalized spacial score (nSPS) is 12.3. The van der Waals surface area contributed by atoms with Crippen LogP contribution < -0.4 is 4.72 Å². The molecule has 9 nitrogen and oxygen atoms in total. The van der Waals surface area contributed by atoms with Crippen LogP contribution in [0.25, 0.3) is 33.4 Å². The zero-order valence-corrected chi connectivity index (χ0v) is 22.4. The van der Waals surface area contributed by atoms with Gasteiger partial charge in [0.05, 0.1) is 24.8 Å². The van der Waals surface area contributed by atoms with Crippen LogP contribution in [0.2, 0.25) is 0 Å². The minimum atomic E-state index is -5.70. The van der Waals surface area contributed by atoms with Gasteiger partial charge < -0.3 is 14.1 Å². The van der Waals surface area contributed by atoms with Crippen molar-refractivity contribution >= 4 is 48.8 Å². The summed E-state index contributed by atoms with van der Waals surface area (Å²) in [6.07, 6.45) is 3.38. The fourth-order valence-electron chi connectivity index (χ4n) is 4.40. The van der Waals surface area contributed by atoms with E-state index in [1.54, 1.807) is 27.5 Å². The average Bonchev–Trinajstić information content (AvgIpc) is 3.38. The second-order valence-electron chi connectivity index (χ2n) is 8.46. The Morgan fingerprint density at radius 2 is 1.85 bits per heavy atom. The van der Waals surface area contributed by atoms with Gasteiger partial charge in [-0.3, -0.25) is 4.72 Å². The third kappa shape index (κ3) is 4.63. The van der Waals surface area contributed by atoms with Crippen LogP contribution in [0.5, 0.6) is 0 Å². The predicted octanol–water partition coefficient (Wildman–Crippen LogP) is 6.13. The molecule has 0 radical (unpaired) electrons. The topological polar surface area (TPSA) is 127 Å². The van der Waals surface area contributed by atoms with Gasteiger partial charge in [0.15, 0.2) is 11.3 Å². The van der Waals surface area contributed by atoms with Gasteiger partial charge >= 0.3 is 21.5 Å². The molecule has 0 bridgehead atoms. The molecule has 0 unspecified atom stereocenters. The van der Waals surface area contributed by atoms with Gasteiger partial charge in [0.25, 0.3) is 0 Å². The zero-order valence-electron chi connectivity index (χ0n) is 20.0. The Labute approximate surface area is 227 Å². The Hall–Kier alpha value is -3.91. The minimum absolute atomic E-state index is 0.0948. The molecule has 14 heteroatoms. The van der Waals surface area contributed by atoms with E-state index in [0.717, 1.165) is 0 Å². The molecule has 2 aromatic heterocycles. The fraction of sp³-hybridized carbons (Fsp3) is 0.160. The first kappa shape index (κ1) is 26.7. The van der Waals surface area contributed by atoms with E-state index >= 15 is 0 Å². The maximum Gasteiger partial charge on any atom is 0.516 e. The van der Waals surface area contributed by atoms with E-state index in [9.17, 15) is 31.5 Å². The summed E-state index contributed by atoms with van der Waals surface area (Å²) in [6.45, 7) is 1.97. The third-order valence-corrected chi connectivity index (χ3v) is 8.06. The van der Waals surface area contributed by atoms with E-state index < -0.39 is 21.5 Å². The molecular weight excluding hydrogens is 605 g/mol. The van der Waals surface area contributed by atoms with Gasteiger partial charge in [-0.15, -0.1) is 0 Å². The summed E-state index contributed by atoms with van der Waals surface area (Å²) in [5.41, 5.74) is -2.70. The number of fused-ring (bicyclic) bond motifs is 2. The van der Waals surface area contributed by atoms with Crippen LogP contribution in [0.3, 0.4) is 0 Å². The van der Waals surface area contributed by atoms with Crippen LogP contribution in [-0.2, 0) is 23.0 Å². The van der Waals surface area contributed by atoms with Crippen molar-refractivity contribution in [2.75, 3.05) is 4.72 Å². The number of nitrogens with one attached hydrogen (secondary N) is 1. The molecule has 0 spiro atoms. The number of benzene rings is 1. The van der Waals surface area contributed by atoms with Crippen LogP contribution in [-0.4, -0.2) is 39.5 Å². The lowest BCUT2D eigenvalue weighted by Gasteiger charge is -2.16. The number of hydrogen-bond donors (Lipinski definition) is 2. The first-order valence-electron chi connectivity index (χ1n) is 11.4. The van der Waals surface area contributed by atoms with Crippen molar-refractivity contribution in [2.24, 2.45) is 0 Å². The molecule has 1 aliphatic heterocycles. The summed E-state index contributed by atoms with van der Waals surface area (Å²) in [4.78, 5) is 20.4. The molecule has 1 aliphatic carbocycles. The average molecular weight is 623 g/mol. The molecule has 2 aliphatic rings. The van der Waals surface area contributed by atoms with Gasteiger partial charge in [-0.25, -0.2) is 14.8 Å². The number of aromatic carboxylic acids is 1. The maximum absolute atomic E-state index is 13.2. The highest BCUT2D eigenvalue weighted by atomic mass is 79.9. The van der Waals surface area contributed by atoms with E-state index in [1.807, 2.05) is 6.92 Å². The molecule has 5 rings (SSSR count). The Kier molecular flexibility index (Phi) is 6.63. The van der Waals surface area contributed by atoms with E-state index in [1.165, 1.54) is 36.8 Å². The van der Waals surface area contributed by atoms with Crippen molar-refractivity contribution in [3.63, 3.8) is 0 Å². The summed E-state index contributed by atoms with van der Waals surface area (Å²) in [5, 5.41) is 9.46. The number of carboxylic acids is 1. The smallest absolute Gasteiger partial charge is 0.477 e. The Bertz CT molecular complexity index is 1810. The quantitative estimate of drug-likeness (QED) is 0.223. The standard InChI is InChI=1S/C25H18BrF3N4O5S/c1-2-20-30-18-7-8-19(24(34)35)31-23(18)33(20)11-15-13-9-10-38-12-16(13)22(26)21(15)14-5-3-4-6-17(14)32-39(36,37)25(27,28)29/h3-10,12,32H,2,11H2,1H3,(H,34,35). The highest BCUT2D eigenvalue weighted by Crippen LogP contribution is 2.48. The largest absolute Gasteiger partial charge is 0.516 e.